The molecule has 2 aromatic carbocycles. The quantitative estimate of drug-likeness (QED) is 0.789. The van der Waals surface area contributed by atoms with Crippen molar-refractivity contribution in [3.63, 3.8) is 0 Å². The molecule has 0 aromatic heterocycles. The summed E-state index contributed by atoms with van der Waals surface area (Å²) >= 11 is 9.39. The van der Waals surface area contributed by atoms with Gasteiger partial charge in [-0.25, -0.2) is 0 Å². The van der Waals surface area contributed by atoms with E-state index in [1.807, 2.05) is 24.3 Å². The zero-order valence-corrected chi connectivity index (χ0v) is 13.9. The van der Waals surface area contributed by atoms with E-state index in [0.29, 0.717) is 23.7 Å². The monoisotopic (exact) mass is 367 g/mol. The maximum absolute atomic E-state index is 12.2. The lowest BCUT2D eigenvalue weighted by atomic mass is 10.2. The van der Waals surface area contributed by atoms with Gasteiger partial charge in [0.05, 0.1) is 17.1 Å². The van der Waals surface area contributed by atoms with Crippen LogP contribution in [0.1, 0.15) is 10.4 Å². The summed E-state index contributed by atoms with van der Waals surface area (Å²) in [5, 5.41) is 0.461. The van der Waals surface area contributed by atoms with Crippen molar-refractivity contribution in [2.45, 2.75) is 0 Å². The zero-order chi connectivity index (χ0) is 15.2. The molecule has 0 aliphatic rings. The summed E-state index contributed by atoms with van der Waals surface area (Å²) in [6.07, 6.45) is 0. The average molecular weight is 369 g/mol. The van der Waals surface area contributed by atoms with E-state index in [4.69, 9.17) is 16.3 Å². The van der Waals surface area contributed by atoms with Crippen LogP contribution >= 0.6 is 27.5 Å². The molecule has 0 spiro atoms. The molecule has 110 valence electrons. The molecule has 0 atom stereocenters. The minimum Gasteiger partial charge on any atom is -0.492 e. The molecule has 0 aliphatic heterocycles. The number of amides is 1. The van der Waals surface area contributed by atoms with Gasteiger partial charge in [0.25, 0.3) is 5.91 Å². The summed E-state index contributed by atoms with van der Waals surface area (Å²) < 4.78 is 6.60. The highest BCUT2D eigenvalue weighted by atomic mass is 79.9. The maximum atomic E-state index is 12.2. The van der Waals surface area contributed by atoms with Crippen molar-refractivity contribution >= 4 is 33.4 Å². The highest BCUT2D eigenvalue weighted by molar-refractivity contribution is 9.10. The standard InChI is InChI=1S/C16H15BrClNO2/c1-19(16(20)14-4-2-3-5-15(14)18)10-11-21-13-8-6-12(17)7-9-13/h2-9H,10-11H2,1H3. The number of hydrogen-bond acceptors (Lipinski definition) is 2. The number of benzene rings is 2. The molecule has 0 radical (unpaired) electrons. The second kappa shape index (κ2) is 7.48. The Kier molecular flexibility index (Phi) is 5.65. The van der Waals surface area contributed by atoms with Crippen LogP contribution in [0.4, 0.5) is 0 Å². The van der Waals surface area contributed by atoms with E-state index in [0.717, 1.165) is 10.2 Å². The average Bonchev–Trinajstić information content (AvgIpc) is 2.49. The Labute approximate surface area is 137 Å². The largest absolute Gasteiger partial charge is 0.492 e. The third-order valence-electron chi connectivity index (χ3n) is 2.96. The molecule has 3 nitrogen and oxygen atoms in total. The fourth-order valence-corrected chi connectivity index (χ4v) is 2.25. The van der Waals surface area contributed by atoms with Gasteiger partial charge in [0.1, 0.15) is 12.4 Å². The Hall–Kier alpha value is -1.52. The van der Waals surface area contributed by atoms with Crippen LogP contribution in [0.3, 0.4) is 0 Å². The van der Waals surface area contributed by atoms with Crippen molar-refractivity contribution < 1.29 is 9.53 Å². The third-order valence-corrected chi connectivity index (χ3v) is 3.82. The van der Waals surface area contributed by atoms with Gasteiger partial charge in [-0.15, -0.1) is 0 Å². The summed E-state index contributed by atoms with van der Waals surface area (Å²) in [6.45, 7) is 0.911. The molecule has 0 bridgehead atoms. The molecule has 0 heterocycles. The predicted molar refractivity (Wildman–Crippen MR) is 88.0 cm³/mol. The molecule has 2 aromatic rings. The lowest BCUT2D eigenvalue weighted by molar-refractivity contribution is 0.0774. The van der Waals surface area contributed by atoms with Crippen LogP contribution in [-0.2, 0) is 0 Å². The first-order valence-electron chi connectivity index (χ1n) is 6.46. The second-order valence-electron chi connectivity index (χ2n) is 4.51. The van der Waals surface area contributed by atoms with Gasteiger partial charge in [0, 0.05) is 11.5 Å². The molecular formula is C16H15BrClNO2. The van der Waals surface area contributed by atoms with Gasteiger partial charge >= 0.3 is 0 Å². The van der Waals surface area contributed by atoms with Gasteiger partial charge in [0.15, 0.2) is 0 Å². The summed E-state index contributed by atoms with van der Waals surface area (Å²) in [4.78, 5) is 13.8. The van der Waals surface area contributed by atoms with Crippen LogP contribution in [0.15, 0.2) is 53.0 Å². The first kappa shape index (κ1) is 15.9. The molecule has 0 unspecified atom stereocenters. The third kappa shape index (κ3) is 4.48. The summed E-state index contributed by atoms with van der Waals surface area (Å²) in [6, 6.07) is 14.6. The van der Waals surface area contributed by atoms with Crippen LogP contribution in [0.5, 0.6) is 5.75 Å². The van der Waals surface area contributed by atoms with Gasteiger partial charge < -0.3 is 9.64 Å². The summed E-state index contributed by atoms with van der Waals surface area (Å²) in [5.74, 6) is 0.664. The molecule has 1 amide bonds. The molecular weight excluding hydrogens is 354 g/mol. The van der Waals surface area contributed by atoms with Crippen molar-refractivity contribution in [1.82, 2.24) is 4.90 Å². The van der Waals surface area contributed by atoms with Crippen LogP contribution in [0, 0.1) is 0 Å². The topological polar surface area (TPSA) is 29.5 Å². The number of hydrogen-bond donors (Lipinski definition) is 0. The Morgan fingerprint density at radius 2 is 1.86 bits per heavy atom. The molecule has 0 N–H and O–H groups in total. The Balaban J connectivity index is 1.87. The molecule has 0 aliphatic carbocycles. The SMILES string of the molecule is CN(CCOc1ccc(Br)cc1)C(=O)c1ccccc1Cl. The summed E-state index contributed by atoms with van der Waals surface area (Å²) in [5.41, 5.74) is 0.505. The van der Waals surface area contributed by atoms with Gasteiger partial charge in [-0.2, -0.15) is 0 Å². The number of carbonyl (C=O) groups is 1. The summed E-state index contributed by atoms with van der Waals surface area (Å²) in [7, 11) is 1.73. The lowest BCUT2D eigenvalue weighted by Crippen LogP contribution is -2.31. The molecule has 2 rings (SSSR count). The fourth-order valence-electron chi connectivity index (χ4n) is 1.77. The van der Waals surface area contributed by atoms with E-state index in [1.165, 1.54) is 0 Å². The van der Waals surface area contributed by atoms with E-state index in [-0.39, 0.29) is 5.91 Å². The Morgan fingerprint density at radius 3 is 2.52 bits per heavy atom. The van der Waals surface area contributed by atoms with Crippen molar-refractivity contribution in [2.75, 3.05) is 20.2 Å². The van der Waals surface area contributed by atoms with Crippen molar-refractivity contribution in [3.8, 4) is 5.75 Å². The number of halogens is 2. The van der Waals surface area contributed by atoms with E-state index in [1.54, 1.807) is 36.2 Å². The van der Waals surface area contributed by atoms with Gasteiger partial charge in [-0.05, 0) is 36.4 Å². The second-order valence-corrected chi connectivity index (χ2v) is 5.83. The van der Waals surface area contributed by atoms with Crippen molar-refractivity contribution in [2.24, 2.45) is 0 Å². The number of nitrogens with zero attached hydrogens (tertiary/aromatic N) is 1. The van der Waals surface area contributed by atoms with E-state index < -0.39 is 0 Å². The van der Waals surface area contributed by atoms with Crippen LogP contribution in [0.2, 0.25) is 5.02 Å². The normalized spacial score (nSPS) is 10.2. The first-order chi connectivity index (χ1) is 10.1. The van der Waals surface area contributed by atoms with Crippen molar-refractivity contribution in [3.05, 3.63) is 63.6 Å². The zero-order valence-electron chi connectivity index (χ0n) is 11.6. The molecule has 0 fully saturated rings. The smallest absolute Gasteiger partial charge is 0.255 e. The minimum atomic E-state index is -0.111. The maximum Gasteiger partial charge on any atom is 0.255 e. The number of carbonyl (C=O) groups excluding carboxylic acids is 1. The number of ether oxygens (including phenoxy) is 1. The van der Waals surface area contributed by atoms with E-state index in [9.17, 15) is 4.79 Å². The van der Waals surface area contributed by atoms with Crippen LogP contribution in [0.25, 0.3) is 0 Å². The Morgan fingerprint density at radius 1 is 1.19 bits per heavy atom. The van der Waals surface area contributed by atoms with Crippen LogP contribution < -0.4 is 4.74 Å². The minimum absolute atomic E-state index is 0.111. The van der Waals surface area contributed by atoms with E-state index >= 15 is 0 Å². The highest BCUT2D eigenvalue weighted by Crippen LogP contribution is 2.17. The van der Waals surface area contributed by atoms with Gasteiger partial charge in [-0.3, -0.25) is 4.79 Å². The van der Waals surface area contributed by atoms with Crippen LogP contribution in [-0.4, -0.2) is 31.0 Å². The first-order valence-corrected chi connectivity index (χ1v) is 7.63. The molecule has 21 heavy (non-hydrogen) atoms. The van der Waals surface area contributed by atoms with Crippen molar-refractivity contribution in [1.29, 1.82) is 0 Å². The predicted octanol–water partition coefficient (Wildman–Crippen LogP) is 4.25. The van der Waals surface area contributed by atoms with E-state index in [2.05, 4.69) is 15.9 Å². The molecule has 0 saturated heterocycles. The highest BCUT2D eigenvalue weighted by Gasteiger charge is 2.14. The Bertz CT molecular complexity index is 616. The number of likely N-dealkylation sites (N-methyl/N-ethyl adjacent to an activating group) is 1. The fraction of sp³-hybridized carbons (Fsp3) is 0.188. The number of rotatable bonds is 5. The molecule has 5 heteroatoms. The lowest BCUT2D eigenvalue weighted by Gasteiger charge is -2.18. The molecule has 0 saturated carbocycles. The van der Waals surface area contributed by atoms with Gasteiger partial charge in [0.2, 0.25) is 0 Å². The van der Waals surface area contributed by atoms with Gasteiger partial charge in [-0.1, -0.05) is 39.7 Å².